The lowest BCUT2D eigenvalue weighted by atomic mass is 9.89. The van der Waals surface area contributed by atoms with Crippen LogP contribution in [0.1, 0.15) is 12.0 Å². The molecule has 2 atom stereocenters. The Morgan fingerprint density at radius 1 is 1.36 bits per heavy atom. The van der Waals surface area contributed by atoms with E-state index in [1.165, 1.54) is 12.0 Å². The summed E-state index contributed by atoms with van der Waals surface area (Å²) in [6.45, 7) is 4.31. The average molecular weight is 189 g/mol. The number of fused-ring (bicyclic) bond motifs is 2. The molecule has 0 aromatic carbocycles. The van der Waals surface area contributed by atoms with Gasteiger partial charge in [-0.3, -0.25) is 0 Å². The molecule has 2 fully saturated rings. The maximum atomic E-state index is 4.48. The summed E-state index contributed by atoms with van der Waals surface area (Å²) in [6, 6.07) is 5.65. The normalized spacial score (nSPS) is 29.9. The van der Waals surface area contributed by atoms with E-state index in [0.29, 0.717) is 12.1 Å². The van der Waals surface area contributed by atoms with Crippen molar-refractivity contribution in [1.82, 2.24) is 10.3 Å². The standard InChI is InChI=1S/C11H15N3/c1-8-2-3-11(13-5-8)14-9-4-10(14)7-12-6-9/h2-3,5,9-10,12H,4,6-7H2,1H3. The van der Waals surface area contributed by atoms with E-state index >= 15 is 0 Å². The zero-order chi connectivity index (χ0) is 9.54. The number of anilines is 1. The van der Waals surface area contributed by atoms with Crippen molar-refractivity contribution in [2.45, 2.75) is 25.4 Å². The Morgan fingerprint density at radius 3 is 2.71 bits per heavy atom. The average Bonchev–Trinajstić information content (AvgIpc) is 2.22. The molecule has 1 aromatic rings. The number of pyridine rings is 1. The number of piperazine rings is 1. The van der Waals surface area contributed by atoms with Crippen LogP contribution in [-0.4, -0.2) is 30.2 Å². The van der Waals surface area contributed by atoms with Crippen molar-refractivity contribution >= 4 is 5.82 Å². The molecule has 2 aliphatic rings. The van der Waals surface area contributed by atoms with Crippen LogP contribution in [0.4, 0.5) is 5.82 Å². The summed E-state index contributed by atoms with van der Waals surface area (Å²) in [7, 11) is 0. The summed E-state index contributed by atoms with van der Waals surface area (Å²) in [5, 5.41) is 3.43. The molecule has 2 aliphatic heterocycles. The molecule has 2 saturated heterocycles. The van der Waals surface area contributed by atoms with Crippen molar-refractivity contribution in [1.29, 1.82) is 0 Å². The molecule has 0 radical (unpaired) electrons. The van der Waals surface area contributed by atoms with Crippen LogP contribution in [0, 0.1) is 6.92 Å². The quantitative estimate of drug-likeness (QED) is 0.712. The number of nitrogens with one attached hydrogen (secondary N) is 1. The minimum Gasteiger partial charge on any atom is -0.348 e. The van der Waals surface area contributed by atoms with E-state index in [0.717, 1.165) is 18.9 Å². The second-order valence-electron chi connectivity index (χ2n) is 4.30. The fourth-order valence-corrected chi connectivity index (χ4v) is 2.47. The number of nitrogens with zero attached hydrogens (tertiary/aromatic N) is 2. The molecule has 2 bridgehead atoms. The van der Waals surface area contributed by atoms with Crippen LogP contribution in [0.25, 0.3) is 0 Å². The van der Waals surface area contributed by atoms with Crippen LogP contribution < -0.4 is 10.2 Å². The molecule has 0 amide bonds. The van der Waals surface area contributed by atoms with Crippen LogP contribution in [0.3, 0.4) is 0 Å². The summed E-state index contributed by atoms with van der Waals surface area (Å²) in [6.07, 6.45) is 3.29. The number of aromatic nitrogens is 1. The van der Waals surface area contributed by atoms with Gasteiger partial charge in [0.1, 0.15) is 5.82 Å². The Labute approximate surface area is 84.1 Å². The molecule has 0 spiro atoms. The Hall–Kier alpha value is -1.09. The van der Waals surface area contributed by atoms with Gasteiger partial charge in [-0.1, -0.05) is 6.07 Å². The topological polar surface area (TPSA) is 28.2 Å². The van der Waals surface area contributed by atoms with Crippen LogP contribution in [0.15, 0.2) is 18.3 Å². The molecular formula is C11H15N3. The lowest BCUT2D eigenvalue weighted by Crippen LogP contribution is -2.68. The van der Waals surface area contributed by atoms with Gasteiger partial charge in [0.25, 0.3) is 0 Å². The largest absolute Gasteiger partial charge is 0.348 e. The third-order valence-corrected chi connectivity index (χ3v) is 3.25. The zero-order valence-electron chi connectivity index (χ0n) is 8.40. The number of aryl methyl sites for hydroxylation is 1. The molecule has 3 nitrogen and oxygen atoms in total. The lowest BCUT2D eigenvalue weighted by Gasteiger charge is -2.53. The first-order chi connectivity index (χ1) is 6.84. The Kier molecular flexibility index (Phi) is 1.74. The lowest BCUT2D eigenvalue weighted by molar-refractivity contribution is 0.260. The van der Waals surface area contributed by atoms with E-state index in [4.69, 9.17) is 0 Å². The van der Waals surface area contributed by atoms with E-state index in [-0.39, 0.29) is 0 Å². The molecule has 3 rings (SSSR count). The van der Waals surface area contributed by atoms with Gasteiger partial charge in [0.15, 0.2) is 0 Å². The van der Waals surface area contributed by atoms with Crippen LogP contribution in [0.2, 0.25) is 0 Å². The zero-order valence-corrected chi connectivity index (χ0v) is 8.40. The van der Waals surface area contributed by atoms with Crippen LogP contribution in [0.5, 0.6) is 0 Å². The first kappa shape index (κ1) is 8.24. The van der Waals surface area contributed by atoms with Gasteiger partial charge in [0.2, 0.25) is 0 Å². The third kappa shape index (κ3) is 1.12. The van der Waals surface area contributed by atoms with Crippen molar-refractivity contribution < 1.29 is 0 Å². The van der Waals surface area contributed by atoms with Crippen LogP contribution >= 0.6 is 0 Å². The molecule has 1 N–H and O–H groups in total. The monoisotopic (exact) mass is 189 g/mol. The molecular weight excluding hydrogens is 174 g/mol. The minimum absolute atomic E-state index is 0.684. The Bertz CT molecular complexity index is 319. The van der Waals surface area contributed by atoms with E-state index in [2.05, 4.69) is 34.3 Å². The summed E-state index contributed by atoms with van der Waals surface area (Å²) >= 11 is 0. The van der Waals surface area contributed by atoms with Gasteiger partial charge in [0.05, 0.1) is 0 Å². The van der Waals surface area contributed by atoms with E-state index in [1.54, 1.807) is 0 Å². The fraction of sp³-hybridized carbons (Fsp3) is 0.545. The molecule has 1 aromatic heterocycles. The second kappa shape index (κ2) is 2.95. The van der Waals surface area contributed by atoms with Gasteiger partial charge in [-0.2, -0.15) is 0 Å². The van der Waals surface area contributed by atoms with Gasteiger partial charge >= 0.3 is 0 Å². The molecule has 3 heteroatoms. The van der Waals surface area contributed by atoms with Crippen LogP contribution in [-0.2, 0) is 0 Å². The van der Waals surface area contributed by atoms with Crippen molar-refractivity contribution in [3.8, 4) is 0 Å². The minimum atomic E-state index is 0.684. The predicted octanol–water partition coefficient (Wildman–Crippen LogP) is 0.941. The molecule has 74 valence electrons. The summed E-state index contributed by atoms with van der Waals surface area (Å²) in [5.74, 6) is 1.15. The fourth-order valence-electron chi connectivity index (χ4n) is 2.47. The maximum Gasteiger partial charge on any atom is 0.129 e. The van der Waals surface area contributed by atoms with Crippen molar-refractivity contribution in [2.24, 2.45) is 0 Å². The van der Waals surface area contributed by atoms with E-state index in [1.807, 2.05) is 6.20 Å². The highest BCUT2D eigenvalue weighted by molar-refractivity contribution is 5.46. The van der Waals surface area contributed by atoms with Gasteiger partial charge in [-0.15, -0.1) is 0 Å². The van der Waals surface area contributed by atoms with E-state index in [9.17, 15) is 0 Å². The van der Waals surface area contributed by atoms with Crippen molar-refractivity contribution in [3.05, 3.63) is 23.9 Å². The smallest absolute Gasteiger partial charge is 0.129 e. The molecule has 0 aliphatic carbocycles. The summed E-state index contributed by atoms with van der Waals surface area (Å²) in [5.41, 5.74) is 1.23. The SMILES string of the molecule is Cc1ccc(N2C3CNCC2C3)nc1. The number of hydrogen-bond acceptors (Lipinski definition) is 3. The summed E-state index contributed by atoms with van der Waals surface area (Å²) in [4.78, 5) is 6.94. The molecule has 0 saturated carbocycles. The van der Waals surface area contributed by atoms with Gasteiger partial charge < -0.3 is 10.2 Å². The Balaban J connectivity index is 1.86. The number of rotatable bonds is 1. The maximum absolute atomic E-state index is 4.48. The highest BCUT2D eigenvalue weighted by Crippen LogP contribution is 2.32. The second-order valence-corrected chi connectivity index (χ2v) is 4.30. The number of piperidine rings is 1. The Morgan fingerprint density at radius 2 is 2.14 bits per heavy atom. The number of hydrogen-bond donors (Lipinski definition) is 1. The van der Waals surface area contributed by atoms with Crippen molar-refractivity contribution in [2.75, 3.05) is 18.0 Å². The summed E-state index contributed by atoms with van der Waals surface area (Å²) < 4.78 is 0. The van der Waals surface area contributed by atoms with E-state index < -0.39 is 0 Å². The van der Waals surface area contributed by atoms with Gasteiger partial charge in [-0.25, -0.2) is 4.98 Å². The van der Waals surface area contributed by atoms with Gasteiger partial charge in [0, 0.05) is 31.4 Å². The molecule has 14 heavy (non-hydrogen) atoms. The predicted molar refractivity (Wildman–Crippen MR) is 56.5 cm³/mol. The van der Waals surface area contributed by atoms with Crippen molar-refractivity contribution in [3.63, 3.8) is 0 Å². The first-order valence-corrected chi connectivity index (χ1v) is 5.26. The third-order valence-electron chi connectivity index (χ3n) is 3.25. The molecule has 3 heterocycles. The highest BCUT2D eigenvalue weighted by Gasteiger charge is 2.41. The highest BCUT2D eigenvalue weighted by atomic mass is 15.3. The first-order valence-electron chi connectivity index (χ1n) is 5.26. The van der Waals surface area contributed by atoms with Gasteiger partial charge in [-0.05, 0) is 25.0 Å². The molecule has 2 unspecified atom stereocenters.